The van der Waals surface area contributed by atoms with Gasteiger partial charge < -0.3 is 0 Å². The van der Waals surface area contributed by atoms with Crippen LogP contribution in [-0.4, -0.2) is 21.8 Å². The molecule has 0 amide bonds. The van der Waals surface area contributed by atoms with Gasteiger partial charge in [0.05, 0.1) is 11.7 Å². The van der Waals surface area contributed by atoms with Crippen molar-refractivity contribution in [2.75, 3.05) is 11.6 Å². The van der Waals surface area contributed by atoms with Crippen molar-refractivity contribution in [1.29, 1.82) is 0 Å². The van der Waals surface area contributed by atoms with Gasteiger partial charge in [-0.15, -0.1) is 23.4 Å². The average Bonchev–Trinajstić information content (AvgIpc) is 2.30. The van der Waals surface area contributed by atoms with Gasteiger partial charge in [-0.25, -0.2) is 0 Å². The fourth-order valence-electron chi connectivity index (χ4n) is 1.33. The van der Waals surface area contributed by atoms with Crippen LogP contribution in [0.25, 0.3) is 10.9 Å². The molecule has 1 aromatic heterocycles. The first kappa shape index (κ1) is 10.7. The highest BCUT2D eigenvalue weighted by molar-refractivity contribution is 7.99. The number of rotatable bonds is 4. The van der Waals surface area contributed by atoms with E-state index in [9.17, 15) is 0 Å². The van der Waals surface area contributed by atoms with Gasteiger partial charge in [0.25, 0.3) is 0 Å². The van der Waals surface area contributed by atoms with Gasteiger partial charge in [0.15, 0.2) is 0 Å². The van der Waals surface area contributed by atoms with E-state index in [1.54, 1.807) is 11.8 Å². The summed E-state index contributed by atoms with van der Waals surface area (Å²) < 4.78 is 0. The summed E-state index contributed by atoms with van der Waals surface area (Å²) in [5, 5.41) is 9.24. The van der Waals surface area contributed by atoms with E-state index < -0.39 is 0 Å². The number of halogens is 1. The molecule has 0 bridgehead atoms. The van der Waals surface area contributed by atoms with E-state index in [0.717, 1.165) is 17.7 Å². The Kier molecular flexibility index (Phi) is 3.80. The number of aromatic nitrogens is 2. The van der Waals surface area contributed by atoms with Gasteiger partial charge in [-0.1, -0.05) is 18.2 Å². The second kappa shape index (κ2) is 5.33. The van der Waals surface area contributed by atoms with Crippen molar-refractivity contribution in [3.63, 3.8) is 0 Å². The summed E-state index contributed by atoms with van der Waals surface area (Å²) in [5.41, 5.74) is 0.952. The van der Waals surface area contributed by atoms with Crippen molar-refractivity contribution in [3.05, 3.63) is 30.5 Å². The lowest BCUT2D eigenvalue weighted by Gasteiger charge is -2.03. The number of benzene rings is 1. The van der Waals surface area contributed by atoms with Gasteiger partial charge in [-0.2, -0.15) is 10.2 Å². The van der Waals surface area contributed by atoms with Crippen molar-refractivity contribution in [2.45, 2.75) is 11.3 Å². The zero-order valence-corrected chi connectivity index (χ0v) is 9.76. The van der Waals surface area contributed by atoms with Crippen LogP contribution in [0.15, 0.2) is 35.4 Å². The van der Waals surface area contributed by atoms with Crippen molar-refractivity contribution >= 4 is 34.3 Å². The Morgan fingerprint density at radius 2 is 2.13 bits per heavy atom. The monoisotopic (exact) mass is 238 g/mol. The lowest BCUT2D eigenvalue weighted by Crippen LogP contribution is -1.87. The number of nitrogens with zero attached hydrogens (tertiary/aromatic N) is 2. The smallest absolute Gasteiger partial charge is 0.0940 e. The Labute approximate surface area is 98.0 Å². The zero-order chi connectivity index (χ0) is 10.5. The molecule has 2 nitrogen and oxygen atoms in total. The fraction of sp³-hybridized carbons (Fsp3) is 0.273. The Morgan fingerprint density at radius 1 is 1.27 bits per heavy atom. The molecular formula is C11H11ClN2S. The first-order valence-corrected chi connectivity index (χ1v) is 6.33. The zero-order valence-electron chi connectivity index (χ0n) is 8.19. The largest absolute Gasteiger partial charge is 0.157 e. The molecule has 0 atom stereocenters. The van der Waals surface area contributed by atoms with Crippen LogP contribution in [0.3, 0.4) is 0 Å². The molecule has 2 aromatic rings. The van der Waals surface area contributed by atoms with Crippen LogP contribution < -0.4 is 0 Å². The molecule has 4 heteroatoms. The topological polar surface area (TPSA) is 25.8 Å². The maximum atomic E-state index is 5.64. The molecule has 2 rings (SSSR count). The molecule has 0 spiro atoms. The van der Waals surface area contributed by atoms with Crippen LogP contribution in [0.4, 0.5) is 0 Å². The van der Waals surface area contributed by atoms with Gasteiger partial charge in [0.2, 0.25) is 0 Å². The minimum absolute atomic E-state index is 0.712. The van der Waals surface area contributed by atoms with E-state index in [2.05, 4.69) is 16.3 Å². The van der Waals surface area contributed by atoms with E-state index in [4.69, 9.17) is 11.6 Å². The molecule has 0 N–H and O–H groups in total. The van der Waals surface area contributed by atoms with Gasteiger partial charge in [0, 0.05) is 16.2 Å². The minimum Gasteiger partial charge on any atom is -0.157 e. The van der Waals surface area contributed by atoms with Crippen LogP contribution >= 0.6 is 23.4 Å². The molecule has 0 aliphatic heterocycles. The van der Waals surface area contributed by atoms with Crippen LogP contribution in [-0.2, 0) is 0 Å². The van der Waals surface area contributed by atoms with E-state index >= 15 is 0 Å². The summed E-state index contributed by atoms with van der Waals surface area (Å²) in [5.74, 6) is 1.74. The second-order valence-corrected chi connectivity index (χ2v) is 4.63. The predicted molar refractivity (Wildman–Crippen MR) is 65.6 cm³/mol. The first-order valence-electron chi connectivity index (χ1n) is 4.81. The molecule has 0 saturated carbocycles. The number of fused-ring (bicyclic) bond motifs is 1. The molecule has 15 heavy (non-hydrogen) atoms. The maximum absolute atomic E-state index is 5.64. The van der Waals surface area contributed by atoms with E-state index in [0.29, 0.717) is 5.88 Å². The summed E-state index contributed by atoms with van der Waals surface area (Å²) in [6.45, 7) is 0. The number of hydrogen-bond donors (Lipinski definition) is 0. The van der Waals surface area contributed by atoms with Gasteiger partial charge in [0.1, 0.15) is 0 Å². The van der Waals surface area contributed by atoms with Gasteiger partial charge in [-0.05, 0) is 18.2 Å². The lowest BCUT2D eigenvalue weighted by atomic mass is 10.2. The lowest BCUT2D eigenvalue weighted by molar-refractivity contribution is 1.04. The number of alkyl halides is 1. The molecule has 1 heterocycles. The van der Waals surface area contributed by atoms with Crippen LogP contribution in [0.1, 0.15) is 6.42 Å². The summed E-state index contributed by atoms with van der Waals surface area (Å²) in [4.78, 5) is 1.19. The van der Waals surface area contributed by atoms with Crippen molar-refractivity contribution in [2.24, 2.45) is 0 Å². The molecule has 0 saturated heterocycles. The standard InChI is InChI=1S/C11H11ClN2S/c12-6-3-7-15-11-8-13-14-10-5-2-1-4-9(10)11/h1-2,4-5,8H,3,6-7H2. The summed E-state index contributed by atoms with van der Waals surface area (Å²) >= 11 is 7.43. The van der Waals surface area contributed by atoms with Crippen LogP contribution in [0.5, 0.6) is 0 Å². The summed E-state index contributed by atoms with van der Waals surface area (Å²) in [6, 6.07) is 8.06. The highest BCUT2D eigenvalue weighted by Crippen LogP contribution is 2.25. The predicted octanol–water partition coefficient (Wildman–Crippen LogP) is 3.35. The van der Waals surface area contributed by atoms with Gasteiger partial charge in [-0.3, -0.25) is 0 Å². The minimum atomic E-state index is 0.712. The van der Waals surface area contributed by atoms with E-state index in [-0.39, 0.29) is 0 Å². The first-order chi connectivity index (χ1) is 7.42. The van der Waals surface area contributed by atoms with Crippen molar-refractivity contribution in [1.82, 2.24) is 10.2 Å². The molecule has 0 fully saturated rings. The fourth-order valence-corrected chi connectivity index (χ4v) is 2.58. The van der Waals surface area contributed by atoms with Crippen molar-refractivity contribution in [3.8, 4) is 0 Å². The Balaban J connectivity index is 2.26. The van der Waals surface area contributed by atoms with E-state index in [1.807, 2.05) is 24.4 Å². The Bertz CT molecular complexity index is 442. The normalized spacial score (nSPS) is 10.7. The third-order valence-corrected chi connectivity index (χ3v) is 3.44. The molecule has 0 aliphatic carbocycles. The Morgan fingerprint density at radius 3 is 3.00 bits per heavy atom. The second-order valence-electron chi connectivity index (χ2n) is 3.12. The SMILES string of the molecule is ClCCCSc1cnnc2ccccc12. The third-order valence-electron chi connectivity index (χ3n) is 2.05. The highest BCUT2D eigenvalue weighted by Gasteiger charge is 2.01. The van der Waals surface area contributed by atoms with E-state index in [1.165, 1.54) is 10.3 Å². The quantitative estimate of drug-likeness (QED) is 0.464. The average molecular weight is 239 g/mol. The van der Waals surface area contributed by atoms with Crippen LogP contribution in [0, 0.1) is 0 Å². The third kappa shape index (κ3) is 2.61. The van der Waals surface area contributed by atoms with Crippen molar-refractivity contribution < 1.29 is 0 Å². The molecule has 0 unspecified atom stereocenters. The number of hydrogen-bond acceptors (Lipinski definition) is 3. The molecule has 0 aliphatic rings. The molecule has 78 valence electrons. The summed E-state index contributed by atoms with van der Waals surface area (Å²) in [7, 11) is 0. The summed E-state index contributed by atoms with van der Waals surface area (Å²) in [6.07, 6.45) is 2.84. The van der Waals surface area contributed by atoms with Crippen LogP contribution in [0.2, 0.25) is 0 Å². The van der Waals surface area contributed by atoms with Gasteiger partial charge >= 0.3 is 0 Å². The molecule has 1 aromatic carbocycles. The number of thioether (sulfide) groups is 1. The molecule has 0 radical (unpaired) electrons. The maximum Gasteiger partial charge on any atom is 0.0940 e. The highest BCUT2D eigenvalue weighted by atomic mass is 35.5. The Hall–Kier alpha value is -0.800. The molecular weight excluding hydrogens is 228 g/mol.